The third-order valence-electron chi connectivity index (χ3n) is 2.55. The van der Waals surface area contributed by atoms with Gasteiger partial charge < -0.3 is 11.1 Å². The maximum atomic E-state index is 12.0. The molecule has 0 saturated carbocycles. The van der Waals surface area contributed by atoms with E-state index in [1.807, 2.05) is 25.1 Å². The number of nitrogens with two attached hydrogens (primary N) is 1. The number of benzene rings is 1. The van der Waals surface area contributed by atoms with Crippen molar-refractivity contribution in [2.75, 3.05) is 5.32 Å². The van der Waals surface area contributed by atoms with Crippen molar-refractivity contribution in [2.45, 2.75) is 20.8 Å². The lowest BCUT2D eigenvalue weighted by Gasteiger charge is -2.22. The highest BCUT2D eigenvalue weighted by molar-refractivity contribution is 9.10. The number of aryl methyl sites for hydroxylation is 1. The monoisotopic (exact) mass is 314 g/mol. The molecule has 5 heteroatoms. The molecule has 1 amide bonds. The van der Waals surface area contributed by atoms with Crippen LogP contribution < -0.4 is 11.1 Å². The summed E-state index contributed by atoms with van der Waals surface area (Å²) in [6, 6.07) is 5.73. The van der Waals surface area contributed by atoms with Crippen molar-refractivity contribution in [2.24, 2.45) is 11.1 Å². The van der Waals surface area contributed by atoms with E-state index in [0.29, 0.717) is 0 Å². The van der Waals surface area contributed by atoms with Gasteiger partial charge in [0.1, 0.15) is 0 Å². The molecule has 3 N–H and O–H groups in total. The van der Waals surface area contributed by atoms with Crippen molar-refractivity contribution in [3.05, 3.63) is 28.2 Å². The Labute approximate surface area is 115 Å². The first-order valence-corrected chi connectivity index (χ1v) is 6.33. The molecule has 0 unspecified atom stereocenters. The van der Waals surface area contributed by atoms with E-state index in [-0.39, 0.29) is 10.9 Å². The van der Waals surface area contributed by atoms with Gasteiger partial charge in [-0.15, -0.1) is 0 Å². The number of halogens is 1. The molecule has 0 heterocycles. The molecule has 1 aromatic rings. The van der Waals surface area contributed by atoms with Crippen LogP contribution >= 0.6 is 28.1 Å². The number of carbonyl (C=O) groups excluding carboxylic acids is 1. The highest BCUT2D eigenvalue weighted by atomic mass is 79.9. The summed E-state index contributed by atoms with van der Waals surface area (Å²) in [4.78, 5) is 12.2. The zero-order valence-electron chi connectivity index (χ0n) is 10.0. The number of carbonyl (C=O) groups is 1. The van der Waals surface area contributed by atoms with Gasteiger partial charge >= 0.3 is 0 Å². The molecule has 17 heavy (non-hydrogen) atoms. The number of hydrogen-bond donors (Lipinski definition) is 2. The van der Waals surface area contributed by atoms with Crippen molar-refractivity contribution in [1.82, 2.24) is 0 Å². The minimum Gasteiger partial charge on any atom is -0.392 e. The normalized spacial score (nSPS) is 11.1. The molecule has 0 spiro atoms. The summed E-state index contributed by atoms with van der Waals surface area (Å²) in [5, 5.41) is 2.82. The number of hydrogen-bond acceptors (Lipinski definition) is 2. The third-order valence-corrected chi connectivity index (χ3v) is 3.76. The molecule has 0 aliphatic rings. The summed E-state index contributed by atoms with van der Waals surface area (Å²) >= 11 is 8.27. The third kappa shape index (κ3) is 3.26. The van der Waals surface area contributed by atoms with Gasteiger partial charge in [0.2, 0.25) is 5.91 Å². The van der Waals surface area contributed by atoms with Crippen LogP contribution in [-0.4, -0.2) is 10.9 Å². The van der Waals surface area contributed by atoms with Crippen LogP contribution in [0.5, 0.6) is 0 Å². The fraction of sp³-hybridized carbons (Fsp3) is 0.333. The quantitative estimate of drug-likeness (QED) is 0.843. The van der Waals surface area contributed by atoms with E-state index in [4.69, 9.17) is 18.0 Å². The van der Waals surface area contributed by atoms with E-state index in [0.717, 1.165) is 15.7 Å². The van der Waals surface area contributed by atoms with E-state index < -0.39 is 5.41 Å². The van der Waals surface area contributed by atoms with Crippen LogP contribution in [0.15, 0.2) is 22.7 Å². The SMILES string of the molecule is Cc1ccc(Br)c(NC(=O)C(C)(C)C(N)=S)c1. The Morgan fingerprint density at radius 2 is 2.06 bits per heavy atom. The largest absolute Gasteiger partial charge is 0.392 e. The van der Waals surface area contributed by atoms with Gasteiger partial charge in [0.15, 0.2) is 0 Å². The Kier molecular flexibility index (Phi) is 4.27. The van der Waals surface area contributed by atoms with E-state index in [1.165, 1.54) is 0 Å². The average molecular weight is 315 g/mol. The van der Waals surface area contributed by atoms with Gasteiger partial charge in [-0.2, -0.15) is 0 Å². The molecule has 1 aromatic carbocycles. The molecule has 0 bridgehead atoms. The lowest BCUT2D eigenvalue weighted by molar-refractivity contribution is -0.121. The summed E-state index contributed by atoms with van der Waals surface area (Å²) in [5.41, 5.74) is 6.48. The highest BCUT2D eigenvalue weighted by Gasteiger charge is 2.31. The maximum absolute atomic E-state index is 12.0. The Morgan fingerprint density at radius 3 is 2.59 bits per heavy atom. The first kappa shape index (κ1) is 14.1. The predicted octanol–water partition coefficient (Wildman–Crippen LogP) is 3.01. The molecular weight excluding hydrogens is 300 g/mol. The standard InChI is InChI=1S/C12H15BrN2OS/c1-7-4-5-8(13)9(6-7)15-11(16)12(2,3)10(14)17/h4-6H,1-3H3,(H2,14,17)(H,15,16). The van der Waals surface area contributed by atoms with Gasteiger partial charge in [0.25, 0.3) is 0 Å². The Bertz CT molecular complexity index is 472. The predicted molar refractivity (Wildman–Crippen MR) is 78.1 cm³/mol. The zero-order valence-corrected chi connectivity index (χ0v) is 12.4. The van der Waals surface area contributed by atoms with Crippen LogP contribution in [-0.2, 0) is 4.79 Å². The lowest BCUT2D eigenvalue weighted by atomic mass is 9.92. The first-order chi connectivity index (χ1) is 7.75. The number of nitrogens with one attached hydrogen (secondary N) is 1. The van der Waals surface area contributed by atoms with Gasteiger partial charge in [-0.3, -0.25) is 4.79 Å². The minimum atomic E-state index is -0.863. The van der Waals surface area contributed by atoms with Crippen molar-refractivity contribution in [3.8, 4) is 0 Å². The number of amides is 1. The highest BCUT2D eigenvalue weighted by Crippen LogP contribution is 2.26. The van der Waals surface area contributed by atoms with Crippen LogP contribution in [0.3, 0.4) is 0 Å². The minimum absolute atomic E-state index is 0.179. The summed E-state index contributed by atoms with van der Waals surface area (Å²) in [6.07, 6.45) is 0. The molecule has 0 aliphatic heterocycles. The van der Waals surface area contributed by atoms with Gasteiger partial charge in [-0.05, 0) is 54.4 Å². The van der Waals surface area contributed by atoms with E-state index in [1.54, 1.807) is 13.8 Å². The van der Waals surface area contributed by atoms with Crippen LogP contribution in [0.2, 0.25) is 0 Å². The molecule has 0 aliphatic carbocycles. The second-order valence-corrected chi connectivity index (χ2v) is 5.72. The number of rotatable bonds is 3. The Hall–Kier alpha value is -0.940. The first-order valence-electron chi connectivity index (χ1n) is 5.12. The topological polar surface area (TPSA) is 55.1 Å². The Balaban J connectivity index is 2.96. The van der Waals surface area contributed by atoms with Gasteiger partial charge in [0.05, 0.1) is 16.1 Å². The number of anilines is 1. The molecule has 92 valence electrons. The van der Waals surface area contributed by atoms with Crippen LogP contribution in [0.1, 0.15) is 19.4 Å². The lowest BCUT2D eigenvalue weighted by Crippen LogP contribution is -2.41. The molecule has 0 saturated heterocycles. The van der Waals surface area contributed by atoms with Crippen molar-refractivity contribution in [1.29, 1.82) is 0 Å². The van der Waals surface area contributed by atoms with E-state index in [2.05, 4.69) is 21.2 Å². The maximum Gasteiger partial charge on any atom is 0.236 e. The smallest absolute Gasteiger partial charge is 0.236 e. The molecule has 1 rings (SSSR count). The summed E-state index contributed by atoms with van der Waals surface area (Å²) in [6.45, 7) is 5.36. The van der Waals surface area contributed by atoms with Crippen LogP contribution in [0.4, 0.5) is 5.69 Å². The fourth-order valence-corrected chi connectivity index (χ4v) is 1.56. The molecule has 0 fully saturated rings. The zero-order chi connectivity index (χ0) is 13.2. The summed E-state index contributed by atoms with van der Waals surface area (Å²) < 4.78 is 0.829. The molecule has 0 atom stereocenters. The number of thiocarbonyl (C=S) groups is 1. The van der Waals surface area contributed by atoms with Gasteiger partial charge in [0, 0.05) is 4.47 Å². The van der Waals surface area contributed by atoms with Crippen LogP contribution in [0, 0.1) is 12.3 Å². The van der Waals surface area contributed by atoms with E-state index in [9.17, 15) is 4.79 Å². The molecule has 0 radical (unpaired) electrons. The second kappa shape index (κ2) is 5.14. The fourth-order valence-electron chi connectivity index (χ4n) is 1.13. The van der Waals surface area contributed by atoms with Crippen molar-refractivity contribution in [3.63, 3.8) is 0 Å². The Morgan fingerprint density at radius 1 is 1.47 bits per heavy atom. The van der Waals surface area contributed by atoms with E-state index >= 15 is 0 Å². The van der Waals surface area contributed by atoms with Crippen molar-refractivity contribution < 1.29 is 4.79 Å². The van der Waals surface area contributed by atoms with Crippen molar-refractivity contribution >= 4 is 44.7 Å². The van der Waals surface area contributed by atoms with Gasteiger partial charge in [-0.25, -0.2) is 0 Å². The summed E-state index contributed by atoms with van der Waals surface area (Å²) in [5.74, 6) is -0.212. The molecule has 3 nitrogen and oxygen atoms in total. The second-order valence-electron chi connectivity index (χ2n) is 4.43. The van der Waals surface area contributed by atoms with Gasteiger partial charge in [-0.1, -0.05) is 18.3 Å². The average Bonchev–Trinajstić information content (AvgIpc) is 2.23. The summed E-state index contributed by atoms with van der Waals surface area (Å²) in [7, 11) is 0. The molecule has 0 aromatic heterocycles. The van der Waals surface area contributed by atoms with Crippen LogP contribution in [0.25, 0.3) is 0 Å². The molecular formula is C12H15BrN2OS.